The molecule has 0 aromatic heterocycles. The van der Waals surface area contributed by atoms with Gasteiger partial charge in [-0.15, -0.1) is 0 Å². The molecule has 7 nitrogen and oxygen atoms in total. The third-order valence-corrected chi connectivity index (χ3v) is 4.99. The number of nitrogens with zero attached hydrogens (tertiary/aromatic N) is 2. The number of nitrogens with one attached hydrogen (secondary N) is 2. The Hall–Kier alpha value is -1.83. The molecule has 0 saturated carbocycles. The van der Waals surface area contributed by atoms with Crippen molar-refractivity contribution in [1.82, 2.24) is 20.4 Å². The monoisotopic (exact) mass is 414 g/mol. The Kier molecular flexibility index (Phi) is 8.34. The van der Waals surface area contributed by atoms with Gasteiger partial charge in [0.2, 0.25) is 11.8 Å². The van der Waals surface area contributed by atoms with Crippen LogP contribution >= 0.6 is 23.2 Å². The highest BCUT2D eigenvalue weighted by molar-refractivity contribution is 6.42. The van der Waals surface area contributed by atoms with Gasteiger partial charge in [-0.2, -0.15) is 0 Å². The van der Waals surface area contributed by atoms with E-state index < -0.39 is 0 Å². The molecule has 0 aliphatic carbocycles. The van der Waals surface area contributed by atoms with Gasteiger partial charge in [0.15, 0.2) is 0 Å². The fourth-order valence-electron chi connectivity index (χ4n) is 2.69. The van der Waals surface area contributed by atoms with E-state index in [-0.39, 0.29) is 29.3 Å². The van der Waals surface area contributed by atoms with Crippen LogP contribution in [0.25, 0.3) is 0 Å². The van der Waals surface area contributed by atoms with Crippen LogP contribution in [0, 0.1) is 0 Å². The summed E-state index contributed by atoms with van der Waals surface area (Å²) in [6, 6.07) is 4.55. The van der Waals surface area contributed by atoms with Crippen molar-refractivity contribution in [3.05, 3.63) is 33.8 Å². The molecule has 1 fully saturated rings. The molecule has 0 spiro atoms. The lowest BCUT2D eigenvalue weighted by molar-refractivity contribution is -0.132. The summed E-state index contributed by atoms with van der Waals surface area (Å²) in [5, 5.41) is 6.10. The Balaban J connectivity index is 1.73. The lowest BCUT2D eigenvalue weighted by atomic mass is 10.2. The number of halogens is 2. The zero-order valence-corrected chi connectivity index (χ0v) is 16.8. The first-order valence-corrected chi connectivity index (χ1v) is 9.66. The van der Waals surface area contributed by atoms with Gasteiger partial charge in [0.05, 0.1) is 23.1 Å². The number of hydrogen-bond acceptors (Lipinski definition) is 4. The predicted molar refractivity (Wildman–Crippen MR) is 105 cm³/mol. The molecule has 9 heteroatoms. The molecule has 2 N–H and O–H groups in total. The Morgan fingerprint density at radius 1 is 1.04 bits per heavy atom. The van der Waals surface area contributed by atoms with Crippen LogP contribution < -0.4 is 10.6 Å². The van der Waals surface area contributed by atoms with Gasteiger partial charge in [0.1, 0.15) is 0 Å². The van der Waals surface area contributed by atoms with Crippen molar-refractivity contribution in [3.63, 3.8) is 0 Å². The molecule has 1 aliphatic rings. The normalized spacial score (nSPS) is 14.7. The summed E-state index contributed by atoms with van der Waals surface area (Å²) in [7, 11) is 0. The lowest BCUT2D eigenvalue weighted by Crippen LogP contribution is -2.53. The second kappa shape index (κ2) is 10.5. The summed E-state index contributed by atoms with van der Waals surface area (Å²) in [4.78, 5) is 39.9. The zero-order chi connectivity index (χ0) is 19.8. The summed E-state index contributed by atoms with van der Waals surface area (Å²) in [5.41, 5.74) is 0.347. The molecular weight excluding hydrogens is 391 g/mol. The molecule has 0 radical (unpaired) electrons. The van der Waals surface area contributed by atoms with Crippen molar-refractivity contribution in [2.24, 2.45) is 0 Å². The van der Waals surface area contributed by atoms with Crippen LogP contribution in [0.4, 0.5) is 0 Å². The Morgan fingerprint density at radius 2 is 1.74 bits per heavy atom. The maximum Gasteiger partial charge on any atom is 0.251 e. The van der Waals surface area contributed by atoms with Crippen LogP contribution in [-0.4, -0.2) is 73.3 Å². The van der Waals surface area contributed by atoms with E-state index in [1.54, 1.807) is 11.0 Å². The average Bonchev–Trinajstić information content (AvgIpc) is 2.66. The highest BCUT2D eigenvalue weighted by Gasteiger charge is 2.22. The molecule has 1 aromatic carbocycles. The summed E-state index contributed by atoms with van der Waals surface area (Å²) in [6.45, 7) is 5.26. The van der Waals surface area contributed by atoms with Crippen molar-refractivity contribution in [2.75, 3.05) is 45.8 Å². The van der Waals surface area contributed by atoms with E-state index in [1.807, 2.05) is 11.8 Å². The van der Waals surface area contributed by atoms with Gasteiger partial charge in [0, 0.05) is 38.3 Å². The van der Waals surface area contributed by atoms with Gasteiger partial charge in [-0.1, -0.05) is 30.1 Å². The first-order valence-electron chi connectivity index (χ1n) is 8.90. The molecule has 3 amide bonds. The van der Waals surface area contributed by atoms with E-state index in [0.717, 1.165) is 6.42 Å². The van der Waals surface area contributed by atoms with E-state index in [4.69, 9.17) is 23.2 Å². The molecule has 1 aliphatic heterocycles. The lowest BCUT2D eigenvalue weighted by Gasteiger charge is -2.34. The fraction of sp³-hybridized carbons (Fsp3) is 0.500. The minimum absolute atomic E-state index is 0.00511. The summed E-state index contributed by atoms with van der Waals surface area (Å²) in [6.07, 6.45) is 0.905. The molecule has 27 heavy (non-hydrogen) atoms. The number of hydrogen-bond donors (Lipinski definition) is 2. The van der Waals surface area contributed by atoms with Gasteiger partial charge >= 0.3 is 0 Å². The van der Waals surface area contributed by atoms with Gasteiger partial charge in [-0.25, -0.2) is 0 Å². The number of amides is 3. The van der Waals surface area contributed by atoms with Crippen LogP contribution in [0.1, 0.15) is 23.7 Å². The third-order valence-electron chi connectivity index (χ3n) is 4.25. The molecule has 0 bridgehead atoms. The first-order chi connectivity index (χ1) is 12.9. The SMILES string of the molecule is CCCNC(=O)CN1CCN(C(=O)CNC(=O)c2ccc(Cl)c(Cl)c2)CC1. The van der Waals surface area contributed by atoms with Gasteiger partial charge in [-0.3, -0.25) is 19.3 Å². The van der Waals surface area contributed by atoms with Gasteiger partial charge < -0.3 is 15.5 Å². The van der Waals surface area contributed by atoms with Crippen molar-refractivity contribution in [1.29, 1.82) is 0 Å². The molecular formula is C18H24Cl2N4O3. The summed E-state index contributed by atoms with van der Waals surface area (Å²) >= 11 is 11.7. The summed E-state index contributed by atoms with van der Waals surface area (Å²) < 4.78 is 0. The predicted octanol–water partition coefficient (Wildman–Crippen LogP) is 1.39. The van der Waals surface area contributed by atoms with Crippen molar-refractivity contribution in [3.8, 4) is 0 Å². The zero-order valence-electron chi connectivity index (χ0n) is 15.3. The van der Waals surface area contributed by atoms with E-state index in [0.29, 0.717) is 49.9 Å². The maximum atomic E-state index is 12.3. The highest BCUT2D eigenvalue weighted by atomic mass is 35.5. The van der Waals surface area contributed by atoms with Crippen LogP contribution in [0.15, 0.2) is 18.2 Å². The van der Waals surface area contributed by atoms with E-state index >= 15 is 0 Å². The number of carbonyl (C=O) groups excluding carboxylic acids is 3. The Labute approximate surface area is 169 Å². The number of benzene rings is 1. The maximum absolute atomic E-state index is 12.3. The van der Waals surface area contributed by atoms with E-state index in [9.17, 15) is 14.4 Å². The van der Waals surface area contributed by atoms with Crippen molar-refractivity contribution < 1.29 is 14.4 Å². The highest BCUT2D eigenvalue weighted by Crippen LogP contribution is 2.22. The van der Waals surface area contributed by atoms with Gasteiger partial charge in [0.25, 0.3) is 5.91 Å². The first kappa shape index (κ1) is 21.5. The molecule has 0 unspecified atom stereocenters. The van der Waals surface area contributed by atoms with Gasteiger partial charge in [-0.05, 0) is 24.6 Å². The molecule has 148 valence electrons. The number of carbonyl (C=O) groups is 3. The second-order valence-electron chi connectivity index (χ2n) is 6.32. The average molecular weight is 415 g/mol. The molecule has 2 rings (SSSR count). The van der Waals surface area contributed by atoms with Crippen LogP contribution in [-0.2, 0) is 9.59 Å². The minimum Gasteiger partial charge on any atom is -0.355 e. The third kappa shape index (κ3) is 6.68. The van der Waals surface area contributed by atoms with E-state index in [1.165, 1.54) is 12.1 Å². The largest absolute Gasteiger partial charge is 0.355 e. The molecule has 0 atom stereocenters. The molecule has 1 aromatic rings. The Bertz CT molecular complexity index is 691. The van der Waals surface area contributed by atoms with Crippen molar-refractivity contribution >= 4 is 40.9 Å². The quantitative estimate of drug-likeness (QED) is 0.706. The second-order valence-corrected chi connectivity index (χ2v) is 7.13. The Morgan fingerprint density at radius 3 is 2.37 bits per heavy atom. The molecule has 1 heterocycles. The standard InChI is InChI=1S/C18H24Cl2N4O3/c1-2-5-21-16(25)12-23-6-8-24(9-7-23)17(26)11-22-18(27)13-3-4-14(19)15(20)10-13/h3-4,10H,2,5-9,11-12H2,1H3,(H,21,25)(H,22,27). The summed E-state index contributed by atoms with van der Waals surface area (Å²) in [5.74, 6) is -0.530. The fourth-order valence-corrected chi connectivity index (χ4v) is 2.98. The smallest absolute Gasteiger partial charge is 0.251 e. The van der Waals surface area contributed by atoms with Crippen LogP contribution in [0.2, 0.25) is 10.0 Å². The minimum atomic E-state index is -0.381. The number of rotatable bonds is 7. The van der Waals surface area contributed by atoms with Crippen molar-refractivity contribution in [2.45, 2.75) is 13.3 Å². The van der Waals surface area contributed by atoms with Crippen LogP contribution in [0.3, 0.4) is 0 Å². The number of piperazine rings is 1. The van der Waals surface area contributed by atoms with E-state index in [2.05, 4.69) is 10.6 Å². The van der Waals surface area contributed by atoms with Crippen LogP contribution in [0.5, 0.6) is 0 Å². The molecule has 1 saturated heterocycles. The topological polar surface area (TPSA) is 81.8 Å².